The van der Waals surface area contributed by atoms with Crippen molar-refractivity contribution in [1.82, 2.24) is 5.32 Å². The monoisotopic (exact) mass is 347 g/mol. The highest BCUT2D eigenvalue weighted by atomic mass is 35.5. The molecule has 126 valence electrons. The highest BCUT2D eigenvalue weighted by Gasteiger charge is 2.00. The van der Waals surface area contributed by atoms with Crippen LogP contribution in [0.3, 0.4) is 0 Å². The van der Waals surface area contributed by atoms with Crippen molar-refractivity contribution in [2.45, 2.75) is 19.7 Å². The van der Waals surface area contributed by atoms with E-state index in [1.165, 1.54) is 12.1 Å². The van der Waals surface area contributed by atoms with Crippen molar-refractivity contribution in [2.75, 3.05) is 0 Å². The molecule has 0 aliphatic heterocycles. The van der Waals surface area contributed by atoms with E-state index in [4.69, 9.17) is 9.15 Å². The SMILES string of the molecule is Cl.Fc1ccc(COc2cccc(CNCc3ccco3)c2)cc1. The van der Waals surface area contributed by atoms with Gasteiger partial charge in [-0.2, -0.15) is 0 Å². The van der Waals surface area contributed by atoms with E-state index in [0.717, 1.165) is 29.2 Å². The number of hydrogen-bond donors (Lipinski definition) is 1. The lowest BCUT2D eigenvalue weighted by molar-refractivity contribution is 0.305. The van der Waals surface area contributed by atoms with Gasteiger partial charge < -0.3 is 14.5 Å². The maximum Gasteiger partial charge on any atom is 0.123 e. The van der Waals surface area contributed by atoms with Crippen molar-refractivity contribution >= 4 is 12.4 Å². The summed E-state index contributed by atoms with van der Waals surface area (Å²) in [7, 11) is 0. The molecule has 5 heteroatoms. The van der Waals surface area contributed by atoms with Crippen LogP contribution in [-0.4, -0.2) is 0 Å². The van der Waals surface area contributed by atoms with Gasteiger partial charge >= 0.3 is 0 Å². The molecule has 0 radical (unpaired) electrons. The van der Waals surface area contributed by atoms with Crippen molar-refractivity contribution in [2.24, 2.45) is 0 Å². The second kappa shape index (κ2) is 9.11. The number of ether oxygens (including phenoxy) is 1. The number of furan rings is 1. The summed E-state index contributed by atoms with van der Waals surface area (Å²) in [4.78, 5) is 0. The van der Waals surface area contributed by atoms with Crippen molar-refractivity contribution in [3.63, 3.8) is 0 Å². The molecule has 0 saturated heterocycles. The minimum Gasteiger partial charge on any atom is -0.489 e. The van der Waals surface area contributed by atoms with Crippen LogP contribution in [0.15, 0.2) is 71.3 Å². The van der Waals surface area contributed by atoms with Gasteiger partial charge in [0.15, 0.2) is 0 Å². The molecule has 0 aliphatic rings. The van der Waals surface area contributed by atoms with Crippen LogP contribution in [-0.2, 0) is 19.7 Å². The normalized spacial score (nSPS) is 10.2. The highest BCUT2D eigenvalue weighted by Crippen LogP contribution is 2.15. The van der Waals surface area contributed by atoms with Crippen LogP contribution in [0.25, 0.3) is 0 Å². The molecule has 1 heterocycles. The van der Waals surface area contributed by atoms with Crippen LogP contribution >= 0.6 is 12.4 Å². The molecule has 3 rings (SSSR count). The molecule has 3 nitrogen and oxygen atoms in total. The van der Waals surface area contributed by atoms with Gasteiger partial charge in [-0.25, -0.2) is 4.39 Å². The average molecular weight is 348 g/mol. The summed E-state index contributed by atoms with van der Waals surface area (Å²) in [6.45, 7) is 1.84. The molecule has 0 amide bonds. The third kappa shape index (κ3) is 5.41. The molecule has 0 bridgehead atoms. The lowest BCUT2D eigenvalue weighted by Crippen LogP contribution is -2.12. The molecule has 0 unspecified atom stereocenters. The van der Waals surface area contributed by atoms with Gasteiger partial charge in [0.2, 0.25) is 0 Å². The van der Waals surface area contributed by atoms with E-state index in [0.29, 0.717) is 13.2 Å². The fourth-order valence-electron chi connectivity index (χ4n) is 2.24. The summed E-state index contributed by atoms with van der Waals surface area (Å²) in [6, 6.07) is 18.1. The fourth-order valence-corrected chi connectivity index (χ4v) is 2.24. The van der Waals surface area contributed by atoms with Crippen molar-refractivity contribution in [1.29, 1.82) is 0 Å². The summed E-state index contributed by atoms with van der Waals surface area (Å²) < 4.78 is 23.9. The summed E-state index contributed by atoms with van der Waals surface area (Å²) in [6.07, 6.45) is 1.67. The Labute approximate surface area is 146 Å². The highest BCUT2D eigenvalue weighted by molar-refractivity contribution is 5.85. The minimum absolute atomic E-state index is 0. The maximum absolute atomic E-state index is 12.9. The van der Waals surface area contributed by atoms with Gasteiger partial charge in [0.1, 0.15) is 23.9 Å². The zero-order valence-electron chi connectivity index (χ0n) is 13.1. The molecule has 2 aromatic carbocycles. The Bertz CT molecular complexity index is 729. The van der Waals surface area contributed by atoms with Gasteiger partial charge in [-0.05, 0) is 47.5 Å². The lowest BCUT2D eigenvalue weighted by atomic mass is 10.2. The quantitative estimate of drug-likeness (QED) is 0.672. The molecule has 0 fully saturated rings. The van der Waals surface area contributed by atoms with E-state index < -0.39 is 0 Å². The molecular weight excluding hydrogens is 329 g/mol. The molecule has 0 aliphatic carbocycles. The Morgan fingerprint density at radius 2 is 1.75 bits per heavy atom. The summed E-state index contributed by atoms with van der Waals surface area (Å²) in [5.41, 5.74) is 2.07. The summed E-state index contributed by atoms with van der Waals surface area (Å²) >= 11 is 0. The molecular formula is C19H19ClFNO2. The first-order valence-corrected chi connectivity index (χ1v) is 7.49. The predicted octanol–water partition coefficient (Wildman–Crippen LogP) is 4.71. The lowest BCUT2D eigenvalue weighted by Gasteiger charge is -2.09. The van der Waals surface area contributed by atoms with E-state index >= 15 is 0 Å². The van der Waals surface area contributed by atoms with E-state index in [2.05, 4.69) is 5.32 Å². The van der Waals surface area contributed by atoms with Gasteiger partial charge in [-0.15, -0.1) is 12.4 Å². The van der Waals surface area contributed by atoms with Crippen LogP contribution in [0, 0.1) is 5.82 Å². The minimum atomic E-state index is -0.238. The second-order valence-electron chi connectivity index (χ2n) is 5.25. The molecule has 0 saturated carbocycles. The second-order valence-corrected chi connectivity index (χ2v) is 5.25. The maximum atomic E-state index is 12.9. The third-order valence-corrected chi connectivity index (χ3v) is 3.43. The average Bonchev–Trinajstić information content (AvgIpc) is 3.08. The Morgan fingerprint density at radius 3 is 2.50 bits per heavy atom. The van der Waals surface area contributed by atoms with Gasteiger partial charge in [0, 0.05) is 6.54 Å². The third-order valence-electron chi connectivity index (χ3n) is 3.43. The number of hydrogen-bond acceptors (Lipinski definition) is 3. The first-order chi connectivity index (χ1) is 11.3. The molecule has 1 aromatic heterocycles. The topological polar surface area (TPSA) is 34.4 Å². The van der Waals surface area contributed by atoms with E-state index in [-0.39, 0.29) is 18.2 Å². The molecule has 3 aromatic rings. The van der Waals surface area contributed by atoms with E-state index in [1.54, 1.807) is 18.4 Å². The van der Waals surface area contributed by atoms with Crippen LogP contribution in [0.5, 0.6) is 5.75 Å². The predicted molar refractivity (Wildman–Crippen MR) is 93.7 cm³/mol. The Kier molecular flexibility index (Phi) is 6.85. The first kappa shape index (κ1) is 18.0. The zero-order valence-corrected chi connectivity index (χ0v) is 13.9. The molecule has 0 atom stereocenters. The van der Waals surface area contributed by atoms with Gasteiger partial charge in [-0.1, -0.05) is 24.3 Å². The van der Waals surface area contributed by atoms with Gasteiger partial charge in [-0.3, -0.25) is 0 Å². The van der Waals surface area contributed by atoms with Crippen molar-refractivity contribution in [3.05, 3.63) is 89.6 Å². The zero-order chi connectivity index (χ0) is 15.9. The number of nitrogens with one attached hydrogen (secondary N) is 1. The number of rotatable bonds is 7. The van der Waals surface area contributed by atoms with Crippen molar-refractivity contribution < 1.29 is 13.5 Å². The van der Waals surface area contributed by atoms with E-state index in [1.807, 2.05) is 36.4 Å². The molecule has 0 spiro atoms. The number of benzene rings is 2. The standard InChI is InChI=1S/C19H18FNO2.ClH/c20-17-8-6-15(7-9-17)14-23-18-4-1-3-16(11-18)12-21-13-19-5-2-10-22-19;/h1-11,21H,12-14H2;1H. The van der Waals surface area contributed by atoms with E-state index in [9.17, 15) is 4.39 Å². The summed E-state index contributed by atoms with van der Waals surface area (Å²) in [5.74, 6) is 1.47. The molecule has 24 heavy (non-hydrogen) atoms. The van der Waals surface area contributed by atoms with Crippen molar-refractivity contribution in [3.8, 4) is 5.75 Å². The van der Waals surface area contributed by atoms with Crippen LogP contribution in [0.4, 0.5) is 4.39 Å². The Morgan fingerprint density at radius 1 is 0.917 bits per heavy atom. The molecule has 1 N–H and O–H groups in total. The Hall–Kier alpha value is -2.30. The van der Waals surface area contributed by atoms with Gasteiger partial charge in [0.05, 0.1) is 12.8 Å². The largest absolute Gasteiger partial charge is 0.489 e. The van der Waals surface area contributed by atoms with Crippen LogP contribution in [0.2, 0.25) is 0 Å². The Balaban J connectivity index is 0.00000208. The fraction of sp³-hybridized carbons (Fsp3) is 0.158. The first-order valence-electron chi connectivity index (χ1n) is 7.49. The number of halogens is 2. The smallest absolute Gasteiger partial charge is 0.123 e. The van der Waals surface area contributed by atoms with Gasteiger partial charge in [0.25, 0.3) is 0 Å². The van der Waals surface area contributed by atoms with Crippen LogP contribution < -0.4 is 10.1 Å². The summed E-state index contributed by atoms with van der Waals surface area (Å²) in [5, 5.41) is 3.32. The van der Waals surface area contributed by atoms with Crippen LogP contribution in [0.1, 0.15) is 16.9 Å².